The monoisotopic (exact) mass is 272 g/mol. The topological polar surface area (TPSA) is 49.4 Å². The molecule has 19 heavy (non-hydrogen) atoms. The van der Waals surface area contributed by atoms with Crippen LogP contribution in [0.25, 0.3) is 0 Å². The van der Waals surface area contributed by atoms with E-state index < -0.39 is 35.4 Å². The number of anilines is 1. The number of hydrogen-bond donors (Lipinski definition) is 1. The highest BCUT2D eigenvalue weighted by Crippen LogP contribution is 2.37. The highest BCUT2D eigenvalue weighted by atomic mass is 19.4. The maximum Gasteiger partial charge on any atom is 0.418 e. The van der Waals surface area contributed by atoms with Gasteiger partial charge in [0.25, 0.3) is 5.91 Å². The number of carbonyl (C=O) groups excluding carboxylic acids is 2. The van der Waals surface area contributed by atoms with Gasteiger partial charge in [0, 0.05) is 0 Å². The van der Waals surface area contributed by atoms with E-state index in [1.54, 1.807) is 6.92 Å². The van der Waals surface area contributed by atoms with Gasteiger partial charge in [0.05, 0.1) is 11.3 Å². The first-order valence-electron chi connectivity index (χ1n) is 5.67. The van der Waals surface area contributed by atoms with Crippen LogP contribution in [0.4, 0.5) is 23.7 Å². The summed E-state index contributed by atoms with van der Waals surface area (Å²) in [6, 6.07) is 2.92. The van der Waals surface area contributed by atoms with Gasteiger partial charge in [-0.25, -0.2) is 9.69 Å². The van der Waals surface area contributed by atoms with Crippen molar-refractivity contribution >= 4 is 17.6 Å². The number of hydrogen-bond acceptors (Lipinski definition) is 2. The number of alkyl halides is 3. The Hall–Kier alpha value is -2.05. The molecule has 1 atom stereocenters. The Balaban J connectivity index is 2.49. The minimum Gasteiger partial charge on any atom is -0.325 e. The van der Waals surface area contributed by atoms with E-state index >= 15 is 0 Å². The van der Waals surface area contributed by atoms with Gasteiger partial charge in [-0.05, 0) is 18.6 Å². The maximum absolute atomic E-state index is 12.9. The summed E-state index contributed by atoms with van der Waals surface area (Å²) >= 11 is 0. The van der Waals surface area contributed by atoms with Crippen LogP contribution in [0.15, 0.2) is 24.3 Å². The molecule has 0 aliphatic carbocycles. The van der Waals surface area contributed by atoms with E-state index in [1.807, 2.05) is 0 Å². The van der Waals surface area contributed by atoms with Crippen LogP contribution in [0.2, 0.25) is 0 Å². The van der Waals surface area contributed by atoms with Gasteiger partial charge < -0.3 is 5.32 Å². The standard InChI is InChI=1S/C12H11F3N2O2/c1-2-8-10(18)17(11(19)16-8)9-6-4-3-5-7(9)12(13,14)15/h3-6,8H,2H2,1H3,(H,16,19). The molecule has 2 rings (SSSR count). The number of para-hydroxylation sites is 1. The molecule has 0 bridgehead atoms. The predicted molar refractivity (Wildman–Crippen MR) is 61.5 cm³/mol. The first-order chi connectivity index (χ1) is 8.86. The Morgan fingerprint density at radius 1 is 1.26 bits per heavy atom. The summed E-state index contributed by atoms with van der Waals surface area (Å²) in [6.45, 7) is 1.67. The highest BCUT2D eigenvalue weighted by Gasteiger charge is 2.43. The molecule has 7 heteroatoms. The van der Waals surface area contributed by atoms with Crippen molar-refractivity contribution in [1.82, 2.24) is 5.32 Å². The Morgan fingerprint density at radius 2 is 1.89 bits per heavy atom. The van der Waals surface area contributed by atoms with E-state index in [-0.39, 0.29) is 0 Å². The lowest BCUT2D eigenvalue weighted by atomic mass is 10.1. The summed E-state index contributed by atoms with van der Waals surface area (Å²) in [6.07, 6.45) is -4.29. The van der Waals surface area contributed by atoms with E-state index in [4.69, 9.17) is 0 Å². The predicted octanol–water partition coefficient (Wildman–Crippen LogP) is 2.54. The van der Waals surface area contributed by atoms with E-state index in [1.165, 1.54) is 12.1 Å². The number of benzene rings is 1. The molecule has 1 saturated heterocycles. The Bertz CT molecular complexity index is 528. The molecule has 4 nitrogen and oxygen atoms in total. The van der Waals surface area contributed by atoms with Crippen LogP contribution in [-0.2, 0) is 11.0 Å². The van der Waals surface area contributed by atoms with Crippen molar-refractivity contribution in [2.45, 2.75) is 25.6 Å². The van der Waals surface area contributed by atoms with Gasteiger partial charge in [-0.15, -0.1) is 0 Å². The zero-order chi connectivity index (χ0) is 14.2. The van der Waals surface area contributed by atoms with Gasteiger partial charge in [-0.3, -0.25) is 4.79 Å². The van der Waals surface area contributed by atoms with Crippen molar-refractivity contribution in [3.05, 3.63) is 29.8 Å². The third kappa shape index (κ3) is 2.27. The van der Waals surface area contributed by atoms with Gasteiger partial charge in [0.1, 0.15) is 6.04 Å². The lowest BCUT2D eigenvalue weighted by Crippen LogP contribution is -2.33. The summed E-state index contributed by atoms with van der Waals surface area (Å²) < 4.78 is 38.6. The van der Waals surface area contributed by atoms with Crippen LogP contribution >= 0.6 is 0 Å². The molecule has 0 spiro atoms. The molecule has 1 heterocycles. The smallest absolute Gasteiger partial charge is 0.325 e. The van der Waals surface area contributed by atoms with Crippen LogP contribution in [0.3, 0.4) is 0 Å². The average Bonchev–Trinajstić information content (AvgIpc) is 2.63. The van der Waals surface area contributed by atoms with Crippen molar-refractivity contribution in [1.29, 1.82) is 0 Å². The van der Waals surface area contributed by atoms with E-state index in [0.717, 1.165) is 12.1 Å². The first-order valence-corrected chi connectivity index (χ1v) is 5.67. The van der Waals surface area contributed by atoms with Crippen LogP contribution in [0.1, 0.15) is 18.9 Å². The Kier molecular flexibility index (Phi) is 3.21. The van der Waals surface area contributed by atoms with Gasteiger partial charge in [0.15, 0.2) is 0 Å². The molecule has 1 aliphatic rings. The Morgan fingerprint density at radius 3 is 2.42 bits per heavy atom. The summed E-state index contributed by atoms with van der Waals surface area (Å²) in [5.41, 5.74) is -1.44. The lowest BCUT2D eigenvalue weighted by Gasteiger charge is -2.18. The van der Waals surface area contributed by atoms with Gasteiger partial charge >= 0.3 is 12.2 Å². The number of urea groups is 1. The number of nitrogens with one attached hydrogen (secondary N) is 1. The molecule has 1 unspecified atom stereocenters. The first kappa shape index (κ1) is 13.4. The van der Waals surface area contributed by atoms with Crippen LogP contribution in [-0.4, -0.2) is 18.0 Å². The summed E-state index contributed by atoms with van der Waals surface area (Å²) in [5, 5.41) is 2.35. The van der Waals surface area contributed by atoms with Crippen LogP contribution in [0, 0.1) is 0 Å². The molecule has 0 radical (unpaired) electrons. The number of carbonyl (C=O) groups is 2. The zero-order valence-electron chi connectivity index (χ0n) is 9.99. The molecule has 3 amide bonds. The summed E-state index contributed by atoms with van der Waals surface area (Å²) in [4.78, 5) is 24.1. The number of halogens is 3. The van der Waals surface area contributed by atoms with E-state index in [9.17, 15) is 22.8 Å². The fraction of sp³-hybridized carbons (Fsp3) is 0.333. The second kappa shape index (κ2) is 4.56. The van der Waals surface area contributed by atoms with Crippen molar-refractivity contribution in [3.8, 4) is 0 Å². The van der Waals surface area contributed by atoms with E-state index in [0.29, 0.717) is 11.3 Å². The highest BCUT2D eigenvalue weighted by molar-refractivity contribution is 6.21. The fourth-order valence-electron chi connectivity index (χ4n) is 1.94. The molecule has 0 saturated carbocycles. The Labute approximate surface area is 107 Å². The summed E-state index contributed by atoms with van der Waals surface area (Å²) in [5.74, 6) is -0.663. The van der Waals surface area contributed by atoms with Gasteiger partial charge in [0.2, 0.25) is 0 Å². The third-order valence-electron chi connectivity index (χ3n) is 2.88. The third-order valence-corrected chi connectivity index (χ3v) is 2.88. The van der Waals surface area contributed by atoms with Crippen molar-refractivity contribution in [2.75, 3.05) is 4.90 Å². The molecular weight excluding hydrogens is 261 g/mol. The molecular formula is C12H11F3N2O2. The maximum atomic E-state index is 12.9. The molecule has 1 aromatic carbocycles. The van der Waals surface area contributed by atoms with E-state index in [2.05, 4.69) is 5.32 Å². The molecule has 1 N–H and O–H groups in total. The number of nitrogens with zero attached hydrogens (tertiary/aromatic N) is 1. The van der Waals surface area contributed by atoms with Gasteiger partial charge in [-0.1, -0.05) is 19.1 Å². The van der Waals surface area contributed by atoms with Crippen molar-refractivity contribution < 1.29 is 22.8 Å². The van der Waals surface area contributed by atoms with Crippen LogP contribution in [0.5, 0.6) is 0 Å². The number of amides is 3. The quantitative estimate of drug-likeness (QED) is 0.841. The fourth-order valence-corrected chi connectivity index (χ4v) is 1.94. The molecule has 102 valence electrons. The molecule has 1 fully saturated rings. The van der Waals surface area contributed by atoms with Gasteiger partial charge in [-0.2, -0.15) is 13.2 Å². The van der Waals surface area contributed by atoms with Crippen molar-refractivity contribution in [2.24, 2.45) is 0 Å². The largest absolute Gasteiger partial charge is 0.418 e. The normalized spacial score (nSPS) is 19.8. The molecule has 1 aromatic rings. The number of rotatable bonds is 2. The second-order valence-corrected chi connectivity index (χ2v) is 4.10. The minimum absolute atomic E-state index is 0.329. The molecule has 0 aromatic heterocycles. The summed E-state index contributed by atoms with van der Waals surface area (Å²) in [7, 11) is 0. The minimum atomic E-state index is -4.62. The zero-order valence-corrected chi connectivity index (χ0v) is 9.99. The SMILES string of the molecule is CCC1NC(=O)N(c2ccccc2C(F)(F)F)C1=O. The molecule has 1 aliphatic heterocycles. The number of imide groups is 1. The average molecular weight is 272 g/mol. The second-order valence-electron chi connectivity index (χ2n) is 4.10. The van der Waals surface area contributed by atoms with Crippen molar-refractivity contribution in [3.63, 3.8) is 0 Å². The lowest BCUT2D eigenvalue weighted by molar-refractivity contribution is -0.137. The van der Waals surface area contributed by atoms with Crippen LogP contribution < -0.4 is 10.2 Å².